The molecule has 1 heterocycles. The number of amides is 1. The summed E-state index contributed by atoms with van der Waals surface area (Å²) in [5.74, 6) is -0.253. The number of para-hydroxylation sites is 1. The van der Waals surface area contributed by atoms with Crippen LogP contribution in [0.5, 0.6) is 5.75 Å². The molecule has 1 N–H and O–H groups in total. The third-order valence-corrected chi connectivity index (χ3v) is 4.41. The maximum atomic E-state index is 12.2. The number of fused-ring (bicyclic) bond motifs is 1. The van der Waals surface area contributed by atoms with E-state index in [1.807, 2.05) is 37.3 Å². The van der Waals surface area contributed by atoms with Crippen molar-refractivity contribution in [3.05, 3.63) is 101 Å². The lowest BCUT2D eigenvalue weighted by atomic mass is 10.1. The Morgan fingerprint density at radius 1 is 0.967 bits per heavy atom. The Hall–Kier alpha value is -4.19. The van der Waals surface area contributed by atoms with Crippen LogP contribution in [0.4, 0.5) is 0 Å². The van der Waals surface area contributed by atoms with E-state index in [4.69, 9.17) is 9.15 Å². The van der Waals surface area contributed by atoms with Crippen molar-refractivity contribution in [1.29, 1.82) is 0 Å². The molecule has 0 bridgehead atoms. The normalized spacial score (nSPS) is 11.0. The van der Waals surface area contributed by atoms with Gasteiger partial charge in [0.05, 0.1) is 11.8 Å². The Morgan fingerprint density at radius 2 is 1.70 bits per heavy atom. The minimum atomic E-state index is -0.439. The summed E-state index contributed by atoms with van der Waals surface area (Å²) in [5, 5.41) is 4.79. The second kappa shape index (κ2) is 8.45. The van der Waals surface area contributed by atoms with E-state index in [1.165, 1.54) is 6.21 Å². The van der Waals surface area contributed by atoms with E-state index in [0.29, 0.717) is 16.9 Å². The number of nitrogens with zero attached hydrogens (tertiary/aromatic N) is 1. The van der Waals surface area contributed by atoms with E-state index < -0.39 is 11.9 Å². The fourth-order valence-corrected chi connectivity index (χ4v) is 2.79. The van der Waals surface area contributed by atoms with E-state index in [2.05, 4.69) is 10.5 Å². The highest BCUT2D eigenvalue weighted by Crippen LogP contribution is 2.18. The van der Waals surface area contributed by atoms with Crippen LogP contribution in [-0.4, -0.2) is 18.1 Å². The molecule has 1 aromatic heterocycles. The van der Waals surface area contributed by atoms with Gasteiger partial charge in [0, 0.05) is 5.39 Å². The Labute approximate surface area is 172 Å². The van der Waals surface area contributed by atoms with E-state index in [9.17, 15) is 9.59 Å². The molecule has 0 atom stereocenters. The molecule has 0 saturated heterocycles. The lowest BCUT2D eigenvalue weighted by molar-refractivity contribution is 0.0734. The van der Waals surface area contributed by atoms with Gasteiger partial charge in [-0.2, -0.15) is 5.10 Å². The number of carbonyl (C=O) groups is 2. The maximum Gasteiger partial charge on any atom is 0.343 e. The summed E-state index contributed by atoms with van der Waals surface area (Å²) in [6, 6.07) is 23.0. The number of aryl methyl sites for hydroxylation is 1. The largest absolute Gasteiger partial charge is 0.451 e. The van der Waals surface area contributed by atoms with Gasteiger partial charge < -0.3 is 9.15 Å². The molecule has 148 valence electrons. The van der Waals surface area contributed by atoms with E-state index in [0.717, 1.165) is 16.5 Å². The smallest absolute Gasteiger partial charge is 0.343 e. The molecule has 1 amide bonds. The van der Waals surface area contributed by atoms with Gasteiger partial charge in [-0.1, -0.05) is 35.9 Å². The molecule has 6 heteroatoms. The Balaban J connectivity index is 1.34. The van der Waals surface area contributed by atoms with E-state index in [-0.39, 0.29) is 5.76 Å². The molecule has 4 aromatic rings. The van der Waals surface area contributed by atoms with E-state index >= 15 is 0 Å². The molecule has 4 rings (SSSR count). The lowest BCUT2D eigenvalue weighted by Crippen LogP contribution is -2.16. The van der Waals surface area contributed by atoms with Gasteiger partial charge in [0.15, 0.2) is 5.76 Å². The average molecular weight is 398 g/mol. The number of rotatable bonds is 5. The van der Waals surface area contributed by atoms with Crippen molar-refractivity contribution in [3.63, 3.8) is 0 Å². The predicted molar refractivity (Wildman–Crippen MR) is 114 cm³/mol. The minimum Gasteiger partial charge on any atom is -0.451 e. The first kappa shape index (κ1) is 19.1. The van der Waals surface area contributed by atoms with Gasteiger partial charge in [0.2, 0.25) is 0 Å². The lowest BCUT2D eigenvalue weighted by Gasteiger charge is -2.05. The highest BCUT2D eigenvalue weighted by atomic mass is 16.5. The van der Waals surface area contributed by atoms with Gasteiger partial charge in [-0.15, -0.1) is 0 Å². The quantitative estimate of drug-likeness (QED) is 0.228. The fourth-order valence-electron chi connectivity index (χ4n) is 2.79. The van der Waals surface area contributed by atoms with Crippen LogP contribution < -0.4 is 10.2 Å². The molecule has 0 fully saturated rings. The van der Waals surface area contributed by atoms with Crippen LogP contribution in [0.1, 0.15) is 32.0 Å². The predicted octanol–water partition coefficient (Wildman–Crippen LogP) is 4.72. The van der Waals surface area contributed by atoms with Crippen LogP contribution in [0.3, 0.4) is 0 Å². The number of hydrogen-bond donors (Lipinski definition) is 1. The summed E-state index contributed by atoms with van der Waals surface area (Å²) < 4.78 is 10.9. The number of hydrazone groups is 1. The Bertz CT molecular complexity index is 1190. The van der Waals surface area contributed by atoms with Crippen molar-refractivity contribution >= 4 is 29.1 Å². The first-order valence-electron chi connectivity index (χ1n) is 9.29. The van der Waals surface area contributed by atoms with Gasteiger partial charge in [0.1, 0.15) is 11.3 Å². The van der Waals surface area contributed by atoms with Crippen LogP contribution >= 0.6 is 0 Å². The van der Waals surface area contributed by atoms with Gasteiger partial charge in [-0.25, -0.2) is 10.2 Å². The zero-order valence-corrected chi connectivity index (χ0v) is 16.2. The third-order valence-electron chi connectivity index (χ3n) is 4.41. The number of hydrogen-bond acceptors (Lipinski definition) is 5. The average Bonchev–Trinajstić information content (AvgIpc) is 3.20. The molecule has 0 unspecified atom stereocenters. The molecule has 0 aliphatic rings. The van der Waals surface area contributed by atoms with Crippen LogP contribution in [-0.2, 0) is 0 Å². The molecular weight excluding hydrogens is 380 g/mol. The topological polar surface area (TPSA) is 80.9 Å². The Kier molecular flexibility index (Phi) is 5.39. The second-order valence-corrected chi connectivity index (χ2v) is 6.67. The molecule has 0 aliphatic heterocycles. The van der Waals surface area contributed by atoms with Crippen molar-refractivity contribution in [3.8, 4) is 5.75 Å². The highest BCUT2D eigenvalue weighted by molar-refractivity contribution is 5.96. The maximum absolute atomic E-state index is 12.2. The summed E-state index contributed by atoms with van der Waals surface area (Å²) in [4.78, 5) is 24.3. The van der Waals surface area contributed by atoms with Gasteiger partial charge in [0.25, 0.3) is 0 Å². The van der Waals surface area contributed by atoms with Crippen molar-refractivity contribution in [2.45, 2.75) is 6.92 Å². The number of nitrogens with one attached hydrogen (secondary N) is 1. The molecule has 6 nitrogen and oxygen atoms in total. The standard InChI is InChI=1S/C24H18N2O4/c1-16-6-10-18(11-7-16)24(28)29-20-12-8-17(9-13-20)15-25-26-23(27)22-14-19-4-2-3-5-21(19)30-22/h2-15H,1H3,(H,26,27). The summed E-state index contributed by atoms with van der Waals surface area (Å²) in [6.07, 6.45) is 1.49. The molecule has 0 saturated carbocycles. The second-order valence-electron chi connectivity index (χ2n) is 6.67. The number of furan rings is 1. The molecule has 0 aliphatic carbocycles. The van der Waals surface area contributed by atoms with Gasteiger partial charge >= 0.3 is 11.9 Å². The van der Waals surface area contributed by atoms with Crippen LogP contribution in [0.25, 0.3) is 11.0 Å². The number of ether oxygens (including phenoxy) is 1. The van der Waals surface area contributed by atoms with Crippen molar-refractivity contribution in [1.82, 2.24) is 5.43 Å². The number of benzene rings is 3. The number of carbonyl (C=O) groups excluding carboxylic acids is 2. The minimum absolute atomic E-state index is 0.187. The van der Waals surface area contributed by atoms with Crippen molar-refractivity contribution in [2.75, 3.05) is 0 Å². The SMILES string of the molecule is Cc1ccc(C(=O)Oc2ccc(C=NNC(=O)c3cc4ccccc4o3)cc2)cc1. The molecule has 3 aromatic carbocycles. The summed E-state index contributed by atoms with van der Waals surface area (Å²) in [7, 11) is 0. The summed E-state index contributed by atoms with van der Waals surface area (Å²) >= 11 is 0. The Morgan fingerprint density at radius 3 is 2.43 bits per heavy atom. The van der Waals surface area contributed by atoms with Gasteiger partial charge in [-0.05, 0) is 61.0 Å². The summed E-state index contributed by atoms with van der Waals surface area (Å²) in [5.41, 5.74) is 5.36. The van der Waals surface area contributed by atoms with Crippen LogP contribution in [0, 0.1) is 6.92 Å². The zero-order chi connectivity index (χ0) is 20.9. The first-order valence-corrected chi connectivity index (χ1v) is 9.29. The van der Waals surface area contributed by atoms with Crippen LogP contribution in [0.2, 0.25) is 0 Å². The molecule has 0 spiro atoms. The molecule has 30 heavy (non-hydrogen) atoms. The number of esters is 1. The van der Waals surface area contributed by atoms with Crippen LogP contribution in [0.15, 0.2) is 88.4 Å². The van der Waals surface area contributed by atoms with E-state index in [1.54, 1.807) is 48.5 Å². The highest BCUT2D eigenvalue weighted by Gasteiger charge is 2.11. The van der Waals surface area contributed by atoms with Crippen molar-refractivity contribution in [2.24, 2.45) is 5.10 Å². The fraction of sp³-hybridized carbons (Fsp3) is 0.0417. The first-order chi connectivity index (χ1) is 14.6. The third kappa shape index (κ3) is 4.44. The molecule has 0 radical (unpaired) electrons. The van der Waals surface area contributed by atoms with Crippen molar-refractivity contribution < 1.29 is 18.7 Å². The zero-order valence-electron chi connectivity index (χ0n) is 16.2. The van der Waals surface area contributed by atoms with Gasteiger partial charge in [-0.3, -0.25) is 4.79 Å². The molecular formula is C24H18N2O4. The monoisotopic (exact) mass is 398 g/mol. The summed E-state index contributed by atoms with van der Waals surface area (Å²) in [6.45, 7) is 1.95.